The molecule has 17 heavy (non-hydrogen) atoms. The van der Waals surface area contributed by atoms with Gasteiger partial charge in [0.25, 0.3) is 0 Å². The van der Waals surface area contributed by atoms with E-state index in [-0.39, 0.29) is 5.54 Å². The maximum absolute atomic E-state index is 4.16. The molecular formula is C12H23N5. The lowest BCUT2D eigenvalue weighted by atomic mass is 9.95. The lowest BCUT2D eigenvalue weighted by molar-refractivity contribution is 0.309. The Morgan fingerprint density at radius 2 is 1.94 bits per heavy atom. The van der Waals surface area contributed by atoms with Crippen molar-refractivity contribution in [3.8, 4) is 0 Å². The van der Waals surface area contributed by atoms with Gasteiger partial charge in [0.1, 0.15) is 0 Å². The summed E-state index contributed by atoms with van der Waals surface area (Å²) in [6.45, 7) is 7.21. The molecule has 0 bridgehead atoms. The molecule has 0 unspecified atom stereocenters. The van der Waals surface area contributed by atoms with Crippen LogP contribution in [0.3, 0.4) is 0 Å². The van der Waals surface area contributed by atoms with E-state index in [1.165, 1.54) is 32.1 Å². The van der Waals surface area contributed by atoms with Crippen molar-refractivity contribution < 1.29 is 0 Å². The molecule has 1 N–H and O–H groups in total. The number of hydrogen-bond acceptors (Lipinski definition) is 4. The molecule has 0 spiro atoms. The van der Waals surface area contributed by atoms with Gasteiger partial charge in [0.05, 0.1) is 12.6 Å². The average Bonchev–Trinajstić information content (AvgIpc) is 2.75. The van der Waals surface area contributed by atoms with Crippen molar-refractivity contribution in [3.63, 3.8) is 0 Å². The average molecular weight is 237 g/mol. The van der Waals surface area contributed by atoms with Gasteiger partial charge in [-0.25, -0.2) is 4.68 Å². The molecule has 1 aromatic rings. The molecule has 5 heteroatoms. The fourth-order valence-electron chi connectivity index (χ4n) is 2.28. The van der Waals surface area contributed by atoms with E-state index in [1.54, 1.807) is 0 Å². The Labute approximate surface area is 103 Å². The summed E-state index contributed by atoms with van der Waals surface area (Å²) >= 11 is 0. The number of nitrogens with one attached hydrogen (secondary N) is 1. The van der Waals surface area contributed by atoms with Gasteiger partial charge in [0, 0.05) is 5.54 Å². The van der Waals surface area contributed by atoms with Crippen LogP contribution in [-0.4, -0.2) is 25.7 Å². The van der Waals surface area contributed by atoms with Gasteiger partial charge in [-0.1, -0.05) is 19.3 Å². The molecule has 1 aromatic heterocycles. The molecule has 0 radical (unpaired) electrons. The standard InChI is InChI=1S/C12H23N5/c1-12(2,3)13-9-11-14-15-16-17(11)10-7-5-4-6-8-10/h10,13H,4-9H2,1-3H3. The molecule has 1 saturated carbocycles. The molecule has 1 heterocycles. The summed E-state index contributed by atoms with van der Waals surface area (Å²) < 4.78 is 2.03. The van der Waals surface area contributed by atoms with E-state index in [9.17, 15) is 0 Å². The summed E-state index contributed by atoms with van der Waals surface area (Å²) in [5.41, 5.74) is 0.101. The van der Waals surface area contributed by atoms with Crippen LogP contribution in [0.5, 0.6) is 0 Å². The SMILES string of the molecule is CC(C)(C)NCc1nnnn1C1CCCCC1. The second-order valence-electron chi connectivity index (χ2n) is 5.94. The molecule has 1 aliphatic rings. The molecule has 96 valence electrons. The zero-order valence-electron chi connectivity index (χ0n) is 11.1. The molecule has 5 nitrogen and oxygen atoms in total. The first-order valence-electron chi connectivity index (χ1n) is 6.58. The highest BCUT2D eigenvalue weighted by Crippen LogP contribution is 2.27. The van der Waals surface area contributed by atoms with Crippen LogP contribution < -0.4 is 5.32 Å². The Morgan fingerprint density at radius 1 is 1.24 bits per heavy atom. The van der Waals surface area contributed by atoms with Gasteiger partial charge in [0.2, 0.25) is 0 Å². The smallest absolute Gasteiger partial charge is 0.165 e. The monoisotopic (exact) mass is 237 g/mol. The number of nitrogens with zero attached hydrogens (tertiary/aromatic N) is 4. The predicted octanol–water partition coefficient (Wildman–Crippen LogP) is 2.07. The normalized spacial score (nSPS) is 18.5. The van der Waals surface area contributed by atoms with Crippen LogP contribution in [0, 0.1) is 0 Å². The lowest BCUT2D eigenvalue weighted by Gasteiger charge is -2.24. The molecule has 1 fully saturated rings. The largest absolute Gasteiger partial charge is 0.305 e. The van der Waals surface area contributed by atoms with Crippen molar-refractivity contribution in [3.05, 3.63) is 5.82 Å². The van der Waals surface area contributed by atoms with E-state index in [2.05, 4.69) is 41.6 Å². The van der Waals surface area contributed by atoms with Gasteiger partial charge < -0.3 is 5.32 Å². The third kappa shape index (κ3) is 3.49. The molecule has 2 rings (SSSR count). The topological polar surface area (TPSA) is 55.6 Å². The molecule has 0 saturated heterocycles. The summed E-state index contributed by atoms with van der Waals surface area (Å²) in [6, 6.07) is 0.510. The number of hydrogen-bond donors (Lipinski definition) is 1. The minimum atomic E-state index is 0.101. The van der Waals surface area contributed by atoms with E-state index in [1.807, 2.05) is 4.68 Å². The van der Waals surface area contributed by atoms with Crippen molar-refractivity contribution in [1.82, 2.24) is 25.5 Å². The van der Waals surface area contributed by atoms with E-state index in [0.717, 1.165) is 12.4 Å². The van der Waals surface area contributed by atoms with Crippen molar-refractivity contribution in [2.24, 2.45) is 0 Å². The molecule has 0 amide bonds. The molecular weight excluding hydrogens is 214 g/mol. The van der Waals surface area contributed by atoms with Crippen LogP contribution in [0.25, 0.3) is 0 Å². The Morgan fingerprint density at radius 3 is 2.59 bits per heavy atom. The predicted molar refractivity (Wildman–Crippen MR) is 66.5 cm³/mol. The zero-order valence-corrected chi connectivity index (χ0v) is 11.1. The molecule has 0 aromatic carbocycles. The van der Waals surface area contributed by atoms with Crippen molar-refractivity contribution in [2.45, 2.75) is 71.0 Å². The maximum atomic E-state index is 4.16. The lowest BCUT2D eigenvalue weighted by Crippen LogP contribution is -2.36. The fourth-order valence-corrected chi connectivity index (χ4v) is 2.28. The van der Waals surface area contributed by atoms with Crippen molar-refractivity contribution >= 4 is 0 Å². The van der Waals surface area contributed by atoms with Crippen LogP contribution in [0.4, 0.5) is 0 Å². The second kappa shape index (κ2) is 5.12. The quantitative estimate of drug-likeness (QED) is 0.874. The second-order valence-corrected chi connectivity index (χ2v) is 5.94. The minimum absolute atomic E-state index is 0.101. The van der Waals surface area contributed by atoms with Crippen LogP contribution in [0.2, 0.25) is 0 Å². The summed E-state index contributed by atoms with van der Waals surface area (Å²) in [5, 5.41) is 15.6. The highest BCUT2D eigenvalue weighted by atomic mass is 15.6. The van der Waals surface area contributed by atoms with Gasteiger partial charge >= 0.3 is 0 Å². The first-order valence-corrected chi connectivity index (χ1v) is 6.58. The highest BCUT2D eigenvalue weighted by molar-refractivity contribution is 4.87. The third-order valence-electron chi connectivity index (χ3n) is 3.26. The highest BCUT2D eigenvalue weighted by Gasteiger charge is 2.20. The maximum Gasteiger partial charge on any atom is 0.165 e. The summed E-state index contributed by atoms with van der Waals surface area (Å²) in [7, 11) is 0. The number of tetrazole rings is 1. The van der Waals surface area contributed by atoms with E-state index < -0.39 is 0 Å². The minimum Gasteiger partial charge on any atom is -0.305 e. The van der Waals surface area contributed by atoms with Gasteiger partial charge in [-0.15, -0.1) is 5.10 Å². The Bertz CT molecular complexity index is 346. The van der Waals surface area contributed by atoms with Gasteiger partial charge in [-0.3, -0.25) is 0 Å². The first kappa shape index (κ1) is 12.5. The Balaban J connectivity index is 2.00. The van der Waals surface area contributed by atoms with Crippen LogP contribution in [0.1, 0.15) is 64.7 Å². The third-order valence-corrected chi connectivity index (χ3v) is 3.26. The van der Waals surface area contributed by atoms with E-state index in [0.29, 0.717) is 6.04 Å². The van der Waals surface area contributed by atoms with Crippen molar-refractivity contribution in [2.75, 3.05) is 0 Å². The Kier molecular flexibility index (Phi) is 3.76. The van der Waals surface area contributed by atoms with Crippen LogP contribution >= 0.6 is 0 Å². The van der Waals surface area contributed by atoms with Gasteiger partial charge in [-0.05, 0) is 44.0 Å². The zero-order chi connectivity index (χ0) is 12.3. The van der Waals surface area contributed by atoms with Gasteiger partial charge in [-0.2, -0.15) is 0 Å². The van der Waals surface area contributed by atoms with E-state index in [4.69, 9.17) is 0 Å². The van der Waals surface area contributed by atoms with Crippen LogP contribution in [0.15, 0.2) is 0 Å². The molecule has 1 aliphatic carbocycles. The summed E-state index contributed by atoms with van der Waals surface area (Å²) in [5.74, 6) is 0.965. The molecule has 0 aliphatic heterocycles. The van der Waals surface area contributed by atoms with Gasteiger partial charge in [0.15, 0.2) is 5.82 Å². The summed E-state index contributed by atoms with van der Waals surface area (Å²) in [6.07, 6.45) is 6.39. The van der Waals surface area contributed by atoms with Crippen molar-refractivity contribution in [1.29, 1.82) is 0 Å². The number of rotatable bonds is 3. The fraction of sp³-hybridized carbons (Fsp3) is 0.917. The van der Waals surface area contributed by atoms with Crippen LogP contribution in [-0.2, 0) is 6.54 Å². The number of aromatic nitrogens is 4. The van der Waals surface area contributed by atoms with E-state index >= 15 is 0 Å². The first-order chi connectivity index (χ1) is 8.06. The summed E-state index contributed by atoms with van der Waals surface area (Å²) in [4.78, 5) is 0. The molecule has 0 atom stereocenters. The Hall–Kier alpha value is -0.970.